The predicted octanol–water partition coefficient (Wildman–Crippen LogP) is 17.1. The molecule has 0 saturated heterocycles. The van der Waals surface area contributed by atoms with Crippen molar-refractivity contribution >= 4 is 66.4 Å². The van der Waals surface area contributed by atoms with Crippen molar-refractivity contribution in [3.63, 3.8) is 0 Å². The van der Waals surface area contributed by atoms with Gasteiger partial charge >= 0.3 is 0 Å². The van der Waals surface area contributed by atoms with E-state index in [1.165, 1.54) is 60.1 Å². The maximum Gasteiger partial charge on any atom is 0.0474 e. The predicted molar refractivity (Wildman–Crippen MR) is 265 cm³/mol. The molecule has 0 fully saturated rings. The van der Waals surface area contributed by atoms with Crippen LogP contribution >= 0.6 is 0 Å². The molecule has 2 heteroatoms. The summed E-state index contributed by atoms with van der Waals surface area (Å²) in [4.78, 5) is 4.78. The highest BCUT2D eigenvalue weighted by atomic mass is 15.1. The lowest BCUT2D eigenvalue weighted by atomic mass is 9.95. The first kappa shape index (κ1) is 36.8. The molecule has 62 heavy (non-hydrogen) atoms. The molecule has 0 saturated carbocycles. The fourth-order valence-corrected chi connectivity index (χ4v) is 9.06. The number of fused-ring (bicyclic) bond motifs is 3. The van der Waals surface area contributed by atoms with E-state index in [1.54, 1.807) is 0 Å². The van der Waals surface area contributed by atoms with E-state index in [1.807, 2.05) is 0 Å². The van der Waals surface area contributed by atoms with Crippen LogP contribution in [-0.4, -0.2) is 0 Å². The minimum atomic E-state index is 1.09. The molecule has 0 aliphatic heterocycles. The molecule has 0 atom stereocenters. The van der Waals surface area contributed by atoms with E-state index in [-0.39, 0.29) is 0 Å². The van der Waals surface area contributed by atoms with Gasteiger partial charge in [0, 0.05) is 34.1 Å². The fourth-order valence-electron chi connectivity index (χ4n) is 9.06. The monoisotopic (exact) mass is 790 g/mol. The lowest BCUT2D eigenvalue weighted by molar-refractivity contribution is 1.29. The van der Waals surface area contributed by atoms with E-state index in [9.17, 15) is 0 Å². The summed E-state index contributed by atoms with van der Waals surface area (Å²) >= 11 is 0. The lowest BCUT2D eigenvalue weighted by Crippen LogP contribution is -2.11. The Kier molecular flexibility index (Phi) is 9.57. The summed E-state index contributed by atoms with van der Waals surface area (Å²) in [6, 6.07) is 92.2. The summed E-state index contributed by atoms with van der Waals surface area (Å²) < 4.78 is 0. The minimum Gasteiger partial charge on any atom is -0.310 e. The Balaban J connectivity index is 1.06. The summed E-state index contributed by atoms with van der Waals surface area (Å²) in [6.07, 6.45) is 0. The van der Waals surface area contributed by atoms with Crippen LogP contribution in [0.3, 0.4) is 0 Å². The van der Waals surface area contributed by atoms with Gasteiger partial charge in [-0.25, -0.2) is 0 Å². The second-order valence-electron chi connectivity index (χ2n) is 15.8. The Bertz CT molecular complexity index is 3330. The van der Waals surface area contributed by atoms with Gasteiger partial charge < -0.3 is 9.80 Å². The summed E-state index contributed by atoms with van der Waals surface area (Å²) in [5, 5.41) is 7.27. The Morgan fingerprint density at radius 1 is 0.194 bits per heavy atom. The molecular formula is C60H42N2. The third-order valence-corrected chi connectivity index (χ3v) is 11.9. The Labute approximate surface area is 362 Å². The van der Waals surface area contributed by atoms with E-state index in [0.29, 0.717) is 0 Å². The van der Waals surface area contributed by atoms with Crippen LogP contribution in [0.4, 0.5) is 34.1 Å². The number of anilines is 6. The molecule has 292 valence electrons. The number of nitrogens with zero attached hydrogens (tertiary/aromatic N) is 2. The topological polar surface area (TPSA) is 6.48 Å². The largest absolute Gasteiger partial charge is 0.310 e. The average Bonchev–Trinajstić information content (AvgIpc) is 3.35. The molecule has 0 N–H and O–H groups in total. The number of benzene rings is 11. The van der Waals surface area contributed by atoms with Gasteiger partial charge in [-0.15, -0.1) is 0 Å². The highest BCUT2D eigenvalue weighted by molar-refractivity contribution is 6.05. The van der Waals surface area contributed by atoms with Gasteiger partial charge in [-0.2, -0.15) is 0 Å². The first-order valence-electron chi connectivity index (χ1n) is 21.3. The molecule has 2 nitrogen and oxygen atoms in total. The third-order valence-electron chi connectivity index (χ3n) is 11.9. The van der Waals surface area contributed by atoms with Gasteiger partial charge in [0.15, 0.2) is 0 Å². The smallest absolute Gasteiger partial charge is 0.0474 e. The van der Waals surface area contributed by atoms with Crippen LogP contribution in [0.5, 0.6) is 0 Å². The Morgan fingerprint density at radius 2 is 0.468 bits per heavy atom. The third kappa shape index (κ3) is 6.94. The van der Waals surface area contributed by atoms with Gasteiger partial charge in [0.2, 0.25) is 0 Å². The van der Waals surface area contributed by atoms with Crippen molar-refractivity contribution in [1.29, 1.82) is 0 Å². The molecular weight excluding hydrogens is 749 g/mol. The van der Waals surface area contributed by atoms with Crippen LogP contribution in [-0.2, 0) is 0 Å². The maximum atomic E-state index is 2.41. The van der Waals surface area contributed by atoms with E-state index in [2.05, 4.69) is 265 Å². The van der Waals surface area contributed by atoms with E-state index in [4.69, 9.17) is 0 Å². The standard InChI is InChI=1S/C60H42N2/c1-5-19-43(20-6-1)58-40-52(37-46-23-13-16-30-55(46)58)61(49-26-9-3-10-27-49)51-35-33-45(34-36-51)60-42-54(39-48-25-15-18-32-57(48)60)62(50-28-11-4-12-29-50)53-38-47-24-14-17-31-56(47)59(41-53)44-21-7-2-8-22-44/h1-42H. The first-order valence-corrected chi connectivity index (χ1v) is 21.3. The fraction of sp³-hybridized carbons (Fsp3) is 0. The van der Waals surface area contributed by atoms with Crippen LogP contribution < -0.4 is 9.80 Å². The van der Waals surface area contributed by atoms with Crippen molar-refractivity contribution in [2.24, 2.45) is 0 Å². The number of hydrogen-bond donors (Lipinski definition) is 0. The summed E-state index contributed by atoms with van der Waals surface area (Å²) in [5.74, 6) is 0. The zero-order chi connectivity index (χ0) is 41.2. The van der Waals surface area contributed by atoms with Crippen molar-refractivity contribution in [1.82, 2.24) is 0 Å². The second-order valence-corrected chi connectivity index (χ2v) is 15.8. The summed E-state index contributed by atoms with van der Waals surface area (Å²) in [5.41, 5.74) is 13.8. The van der Waals surface area contributed by atoms with Crippen LogP contribution in [0.1, 0.15) is 0 Å². The van der Waals surface area contributed by atoms with Crippen molar-refractivity contribution in [2.45, 2.75) is 0 Å². The van der Waals surface area contributed by atoms with Crippen molar-refractivity contribution in [3.8, 4) is 33.4 Å². The average molecular weight is 791 g/mol. The molecule has 11 aromatic carbocycles. The highest BCUT2D eigenvalue weighted by Crippen LogP contribution is 2.45. The van der Waals surface area contributed by atoms with E-state index < -0.39 is 0 Å². The van der Waals surface area contributed by atoms with Gasteiger partial charge in [0.25, 0.3) is 0 Å². The number of para-hydroxylation sites is 2. The Morgan fingerprint density at radius 3 is 0.839 bits per heavy atom. The van der Waals surface area contributed by atoms with Gasteiger partial charge in [-0.05, 0) is 138 Å². The zero-order valence-electron chi connectivity index (χ0n) is 34.1. The van der Waals surface area contributed by atoms with Gasteiger partial charge in [-0.3, -0.25) is 0 Å². The Hall–Kier alpha value is -8.20. The number of hydrogen-bond acceptors (Lipinski definition) is 2. The molecule has 0 spiro atoms. The molecule has 0 aromatic heterocycles. The lowest BCUT2D eigenvalue weighted by Gasteiger charge is -2.28. The van der Waals surface area contributed by atoms with Crippen LogP contribution in [0.15, 0.2) is 255 Å². The number of rotatable bonds is 9. The van der Waals surface area contributed by atoms with Gasteiger partial charge in [-0.1, -0.05) is 182 Å². The molecule has 0 bridgehead atoms. The van der Waals surface area contributed by atoms with Crippen LogP contribution in [0, 0.1) is 0 Å². The molecule has 0 aliphatic carbocycles. The normalized spacial score (nSPS) is 11.2. The quantitative estimate of drug-likeness (QED) is 0.144. The highest BCUT2D eigenvalue weighted by Gasteiger charge is 2.20. The molecule has 11 aromatic rings. The van der Waals surface area contributed by atoms with Gasteiger partial charge in [0.05, 0.1) is 0 Å². The van der Waals surface area contributed by atoms with Crippen molar-refractivity contribution < 1.29 is 0 Å². The molecule has 0 heterocycles. The van der Waals surface area contributed by atoms with Crippen LogP contribution in [0.2, 0.25) is 0 Å². The SMILES string of the molecule is c1ccc(-c2cc(N(c3ccccc3)c3ccc(-c4cc(N(c5ccccc5)c5cc(-c6ccccc6)c6ccccc6c5)cc5ccccc45)cc3)cc3ccccc23)cc1. The molecule has 0 aliphatic rings. The van der Waals surface area contributed by atoms with Crippen LogP contribution in [0.25, 0.3) is 65.7 Å². The first-order chi connectivity index (χ1) is 30.7. The molecule has 0 unspecified atom stereocenters. The van der Waals surface area contributed by atoms with Gasteiger partial charge in [0.1, 0.15) is 0 Å². The molecule has 0 radical (unpaired) electrons. The summed E-state index contributed by atoms with van der Waals surface area (Å²) in [7, 11) is 0. The molecule has 0 amide bonds. The zero-order valence-corrected chi connectivity index (χ0v) is 34.1. The van der Waals surface area contributed by atoms with E-state index in [0.717, 1.165) is 39.7 Å². The van der Waals surface area contributed by atoms with E-state index >= 15 is 0 Å². The van der Waals surface area contributed by atoms with Crippen molar-refractivity contribution in [2.75, 3.05) is 9.80 Å². The molecule has 11 rings (SSSR count). The minimum absolute atomic E-state index is 1.09. The summed E-state index contributed by atoms with van der Waals surface area (Å²) in [6.45, 7) is 0. The second kappa shape index (κ2) is 16.1. The van der Waals surface area contributed by atoms with Crippen molar-refractivity contribution in [3.05, 3.63) is 255 Å². The maximum absolute atomic E-state index is 2.41.